The smallest absolute Gasteiger partial charge is 0.444 e. The number of aliphatic hydroxyl groups is 3. The fourth-order valence-corrected chi connectivity index (χ4v) is 1.61. The van der Waals surface area contributed by atoms with Gasteiger partial charge in [-0.25, -0.2) is 14.4 Å². The number of alkyl carbamates (subject to hydrolysis) is 2. The molecule has 1 rings (SSSR count). The van der Waals surface area contributed by atoms with Crippen molar-refractivity contribution in [2.75, 3.05) is 33.5 Å². The van der Waals surface area contributed by atoms with E-state index in [1.807, 2.05) is 20.8 Å². The van der Waals surface area contributed by atoms with Crippen molar-refractivity contribution in [3.63, 3.8) is 0 Å². The van der Waals surface area contributed by atoms with Crippen molar-refractivity contribution in [3.05, 3.63) is 0 Å². The van der Waals surface area contributed by atoms with Crippen molar-refractivity contribution in [1.29, 1.82) is 1.43 Å². The van der Waals surface area contributed by atoms with Gasteiger partial charge in [-0.05, 0) is 69.4 Å². The van der Waals surface area contributed by atoms with Crippen LogP contribution < -0.4 is 16.4 Å². The maximum atomic E-state index is 11.3. The Hall–Kier alpha value is -2.35. The highest BCUT2D eigenvalue weighted by Crippen LogP contribution is 2.08. The highest BCUT2D eigenvalue weighted by Gasteiger charge is 2.25. The van der Waals surface area contributed by atoms with Crippen molar-refractivity contribution >= 4 is 18.3 Å². The Kier molecular flexibility index (Phi) is 21.0. The zero-order valence-electron chi connectivity index (χ0n) is 23.7. The number of hydrogen-bond donors (Lipinski definition) is 6. The maximum Gasteiger partial charge on any atom is 0.508 e. The highest BCUT2D eigenvalue weighted by molar-refractivity contribution is 5.69. The van der Waals surface area contributed by atoms with E-state index in [1.54, 1.807) is 41.5 Å². The fraction of sp³-hybridized carbons (Fsp3) is 0.870. The van der Waals surface area contributed by atoms with Crippen molar-refractivity contribution in [3.8, 4) is 0 Å². The lowest BCUT2D eigenvalue weighted by molar-refractivity contribution is -0.00527. The molecule has 7 N–H and O–H groups in total. The molecule has 1 fully saturated rings. The molecule has 1 aliphatic heterocycles. The summed E-state index contributed by atoms with van der Waals surface area (Å²) in [4.78, 5) is 32.8. The van der Waals surface area contributed by atoms with Gasteiger partial charge in [0.05, 0.1) is 24.9 Å². The average molecular weight is 531 g/mol. The molecule has 0 spiro atoms. The van der Waals surface area contributed by atoms with Crippen molar-refractivity contribution in [2.45, 2.75) is 98.6 Å². The molecule has 13 nitrogen and oxygen atoms in total. The van der Waals surface area contributed by atoms with Crippen LogP contribution in [0, 0.1) is 0 Å². The first-order chi connectivity index (χ1) is 16.3. The van der Waals surface area contributed by atoms with Gasteiger partial charge in [0.25, 0.3) is 0 Å². The molecule has 0 aromatic heterocycles. The number of nitrogens with two attached hydrogens (primary N) is 1. The average Bonchev–Trinajstić information content (AvgIpc) is 2.73. The van der Waals surface area contributed by atoms with E-state index in [9.17, 15) is 14.4 Å². The molecule has 0 aliphatic carbocycles. The SMILES string of the molecule is C.CC(C)(C)OC(=O)NC(CO)CO.CC(C)(C)OC(=O)NC1COC(=O)OC1.CN.[2H]OC(C)(C)C. The zero-order valence-corrected chi connectivity index (χ0v) is 22.7. The van der Waals surface area contributed by atoms with Gasteiger partial charge in [0.2, 0.25) is 1.43 Å². The molecule has 0 unspecified atom stereocenters. The lowest BCUT2D eigenvalue weighted by atomic mass is 10.2. The minimum Gasteiger partial charge on any atom is -0.444 e. The fourth-order valence-electron chi connectivity index (χ4n) is 1.61. The number of carbonyl (C=O) groups is 3. The van der Waals surface area contributed by atoms with Crippen LogP contribution in [-0.2, 0) is 18.9 Å². The Bertz CT molecular complexity index is 603. The largest absolute Gasteiger partial charge is 0.508 e. The predicted octanol–water partition coefficient (Wildman–Crippen LogP) is 1.90. The molecule has 2 amide bonds. The minimum absolute atomic E-state index is 0. The van der Waals surface area contributed by atoms with Gasteiger partial charge in [0.15, 0.2) is 0 Å². The van der Waals surface area contributed by atoms with Gasteiger partial charge in [-0.1, -0.05) is 7.43 Å². The molecular weight excluding hydrogens is 478 g/mol. The maximum absolute atomic E-state index is 11.3. The molecule has 1 heterocycles. The summed E-state index contributed by atoms with van der Waals surface area (Å²) in [7, 11) is 1.50. The molecule has 0 aromatic carbocycles. The number of ether oxygens (including phenoxy) is 4. The predicted molar refractivity (Wildman–Crippen MR) is 137 cm³/mol. The lowest BCUT2D eigenvalue weighted by Crippen LogP contribution is -2.47. The Morgan fingerprint density at radius 2 is 1.33 bits per heavy atom. The summed E-state index contributed by atoms with van der Waals surface area (Å²) in [5, 5.41) is 26.3. The topological polar surface area (TPSA) is 199 Å². The first kappa shape index (κ1) is 38.2. The third kappa shape index (κ3) is 33.8. The highest BCUT2D eigenvalue weighted by atomic mass is 16.7. The van der Waals surface area contributed by atoms with Crippen molar-refractivity contribution < 1.29 is 48.7 Å². The first-order valence-electron chi connectivity index (χ1n) is 11.4. The second kappa shape index (κ2) is 19.8. The van der Waals surface area contributed by atoms with E-state index in [0.29, 0.717) is 0 Å². The molecule has 218 valence electrons. The second-order valence-electron chi connectivity index (χ2n) is 10.0. The number of aliphatic hydroxyl groups excluding tert-OH is 2. The number of amides is 2. The van der Waals surface area contributed by atoms with Crippen LogP contribution in [-0.4, -0.2) is 97.5 Å². The monoisotopic (exact) mass is 530 g/mol. The van der Waals surface area contributed by atoms with E-state index in [0.717, 1.165) is 0 Å². The number of cyclic esters (lactones) is 2. The van der Waals surface area contributed by atoms with Crippen LogP contribution in [0.5, 0.6) is 0 Å². The molecule has 1 aliphatic rings. The lowest BCUT2D eigenvalue weighted by Gasteiger charge is -2.25. The van der Waals surface area contributed by atoms with Gasteiger partial charge in [-0.3, -0.25) is 0 Å². The summed E-state index contributed by atoms with van der Waals surface area (Å²) in [6, 6.07) is -1.01. The van der Waals surface area contributed by atoms with Gasteiger partial charge in [-0.2, -0.15) is 0 Å². The van der Waals surface area contributed by atoms with Gasteiger partial charge >= 0.3 is 18.3 Å². The first-order valence-corrected chi connectivity index (χ1v) is 11.0. The van der Waals surface area contributed by atoms with Crippen LogP contribution >= 0.6 is 0 Å². The molecule has 13 heteroatoms. The molecule has 0 saturated carbocycles. The molecule has 0 aromatic rings. The Morgan fingerprint density at radius 3 is 1.64 bits per heavy atom. The number of rotatable bonds is 4. The Morgan fingerprint density at radius 1 is 0.972 bits per heavy atom. The Labute approximate surface area is 217 Å². The standard InChI is InChI=1S/C9H15NO5.C8H17NO4.C4H10O.CH5N.CH4/c1-9(2,3)15-7(11)10-6-4-13-8(12)14-5-6;1-8(2,3)13-7(12)9-6(4-10)5-11;1-4(2,3)5;1-2;/h6H,4-5H2,1-3H3,(H,10,11);6,10-11H,4-5H2,1-3H3,(H,9,12);5H,1-3H3;2H2,1H3;1H4/i;;5D;;. The van der Waals surface area contributed by atoms with Gasteiger partial charge < -0.3 is 50.6 Å². The summed E-state index contributed by atoms with van der Waals surface area (Å²) >= 11 is 0. The van der Waals surface area contributed by atoms with E-state index in [1.165, 1.54) is 7.05 Å². The molecule has 0 radical (unpaired) electrons. The minimum atomic E-state index is -0.711. The molecule has 1 saturated heterocycles. The summed E-state index contributed by atoms with van der Waals surface area (Å²) in [5.41, 5.74) is 3.09. The van der Waals surface area contributed by atoms with Crippen LogP contribution in [0.2, 0.25) is 0 Å². The van der Waals surface area contributed by atoms with Crippen LogP contribution in [0.1, 0.15) is 69.7 Å². The van der Waals surface area contributed by atoms with Crippen molar-refractivity contribution in [2.24, 2.45) is 5.73 Å². The van der Waals surface area contributed by atoms with Crippen molar-refractivity contribution in [1.82, 2.24) is 10.6 Å². The number of hydrogen-bond acceptors (Lipinski definition) is 11. The van der Waals surface area contributed by atoms with Crippen LogP contribution in [0.4, 0.5) is 14.4 Å². The summed E-state index contributed by atoms with van der Waals surface area (Å²) in [6.07, 6.45) is -1.90. The third-order valence-corrected chi connectivity index (χ3v) is 2.69. The normalized spacial score (nSPS) is 13.7. The summed E-state index contributed by atoms with van der Waals surface area (Å²) in [5.74, 6) is 0. The molecular formula is C23H51N3O10. The third-order valence-electron chi connectivity index (χ3n) is 2.69. The van der Waals surface area contributed by atoms with E-state index in [-0.39, 0.29) is 45.5 Å². The molecule has 0 atom stereocenters. The zero-order chi connectivity index (χ0) is 29.2. The van der Waals surface area contributed by atoms with E-state index >= 15 is 0 Å². The molecule has 36 heavy (non-hydrogen) atoms. The quantitative estimate of drug-likeness (QED) is 0.229. The van der Waals surface area contributed by atoms with Crippen LogP contribution in [0.25, 0.3) is 0 Å². The van der Waals surface area contributed by atoms with Gasteiger partial charge in [0, 0.05) is 0 Å². The number of nitrogens with one attached hydrogen (secondary N) is 2. The summed E-state index contributed by atoms with van der Waals surface area (Å²) in [6.45, 7) is 15.6. The Balaban J connectivity index is -0.000000226. The van der Waals surface area contributed by atoms with E-state index < -0.39 is 35.6 Å². The second-order valence-corrected chi connectivity index (χ2v) is 10.0. The van der Waals surface area contributed by atoms with Crippen LogP contribution in [0.15, 0.2) is 0 Å². The van der Waals surface area contributed by atoms with E-state index in [2.05, 4.69) is 30.9 Å². The van der Waals surface area contributed by atoms with Gasteiger partial charge in [-0.15, -0.1) is 0 Å². The molecule has 0 bridgehead atoms. The summed E-state index contributed by atoms with van der Waals surface area (Å²) < 4.78 is 25.5. The number of carbonyl (C=O) groups excluding carboxylic acids is 3. The van der Waals surface area contributed by atoms with Gasteiger partial charge in [0.1, 0.15) is 30.5 Å². The van der Waals surface area contributed by atoms with Crippen LogP contribution in [0.3, 0.4) is 0 Å². The van der Waals surface area contributed by atoms with E-state index in [4.69, 9.17) is 21.1 Å².